The average molecular weight is 339 g/mol. The van der Waals surface area contributed by atoms with E-state index in [1.54, 1.807) is 16.0 Å². The van der Waals surface area contributed by atoms with Crippen LogP contribution in [0.25, 0.3) is 0 Å². The molecule has 0 saturated carbocycles. The van der Waals surface area contributed by atoms with Gasteiger partial charge in [-0.05, 0) is 25.0 Å². The molecule has 124 valence electrons. The number of fused-ring (bicyclic) bond motifs is 1. The Hall–Kier alpha value is -2.16. The SMILES string of the molecule is O=C(O)CC1CCCN1C(=O)C1=CN2CCS(=O)(=O)N=C2C=C1. The minimum absolute atomic E-state index is 0.0581. The topological polar surface area (TPSA) is 107 Å². The summed E-state index contributed by atoms with van der Waals surface area (Å²) in [6, 6.07) is -0.286. The highest BCUT2D eigenvalue weighted by molar-refractivity contribution is 7.90. The van der Waals surface area contributed by atoms with Crippen molar-refractivity contribution < 1.29 is 23.1 Å². The van der Waals surface area contributed by atoms with E-state index in [2.05, 4.69) is 4.40 Å². The van der Waals surface area contributed by atoms with Gasteiger partial charge in [0.2, 0.25) is 0 Å². The number of likely N-dealkylation sites (tertiary alicyclic amines) is 1. The summed E-state index contributed by atoms with van der Waals surface area (Å²) in [5, 5.41) is 8.94. The average Bonchev–Trinajstić information content (AvgIpc) is 2.92. The van der Waals surface area contributed by atoms with Gasteiger partial charge >= 0.3 is 5.97 Å². The van der Waals surface area contributed by atoms with Crippen LogP contribution in [0.4, 0.5) is 0 Å². The second-order valence-corrected chi connectivity index (χ2v) is 7.49. The van der Waals surface area contributed by atoms with E-state index in [9.17, 15) is 18.0 Å². The summed E-state index contributed by atoms with van der Waals surface area (Å²) in [7, 11) is -3.42. The number of carbonyl (C=O) groups is 2. The Morgan fingerprint density at radius 1 is 1.30 bits per heavy atom. The highest BCUT2D eigenvalue weighted by atomic mass is 32.2. The van der Waals surface area contributed by atoms with Gasteiger partial charge in [0.05, 0.1) is 17.7 Å². The van der Waals surface area contributed by atoms with E-state index in [0.29, 0.717) is 24.4 Å². The lowest BCUT2D eigenvalue weighted by atomic mass is 10.1. The van der Waals surface area contributed by atoms with Crippen LogP contribution in [0.3, 0.4) is 0 Å². The summed E-state index contributed by atoms with van der Waals surface area (Å²) in [5.74, 6) is -0.930. The van der Waals surface area contributed by atoms with Crippen LogP contribution in [0.15, 0.2) is 28.3 Å². The molecule has 0 radical (unpaired) electrons. The number of sulfonamides is 1. The highest BCUT2D eigenvalue weighted by Crippen LogP contribution is 2.24. The maximum atomic E-state index is 12.6. The second-order valence-electron chi connectivity index (χ2n) is 5.74. The Morgan fingerprint density at radius 2 is 2.09 bits per heavy atom. The lowest BCUT2D eigenvalue weighted by molar-refractivity contribution is -0.139. The van der Waals surface area contributed by atoms with Gasteiger partial charge < -0.3 is 14.9 Å². The first kappa shape index (κ1) is 15.7. The van der Waals surface area contributed by atoms with E-state index in [0.717, 1.165) is 6.42 Å². The molecule has 0 aliphatic carbocycles. The first-order valence-corrected chi connectivity index (χ1v) is 8.98. The minimum Gasteiger partial charge on any atom is -0.481 e. The predicted octanol–water partition coefficient (Wildman–Crippen LogP) is -0.0503. The third-order valence-electron chi connectivity index (χ3n) is 4.12. The van der Waals surface area contributed by atoms with Crippen LogP contribution in [-0.4, -0.2) is 65.9 Å². The molecule has 3 aliphatic rings. The van der Waals surface area contributed by atoms with Crippen molar-refractivity contribution in [2.75, 3.05) is 18.8 Å². The molecule has 3 aliphatic heterocycles. The zero-order valence-electron chi connectivity index (χ0n) is 12.4. The fourth-order valence-corrected chi connectivity index (χ4v) is 3.98. The summed E-state index contributed by atoms with van der Waals surface area (Å²) < 4.78 is 26.6. The molecule has 1 N–H and O–H groups in total. The molecule has 0 bridgehead atoms. The smallest absolute Gasteiger partial charge is 0.305 e. The number of carboxylic acids is 1. The standard InChI is InChI=1S/C14H17N3O5S/c18-13(19)8-11-2-1-5-17(11)14(20)10-3-4-12-15-23(21,22)7-6-16(12)9-10/h3-4,9,11H,1-2,5-8H2,(H,18,19). The van der Waals surface area contributed by atoms with E-state index in [1.807, 2.05) is 0 Å². The molecule has 1 fully saturated rings. The normalized spacial score (nSPS) is 25.7. The van der Waals surface area contributed by atoms with Crippen molar-refractivity contribution in [3.8, 4) is 0 Å². The van der Waals surface area contributed by atoms with Crippen molar-refractivity contribution in [2.45, 2.75) is 25.3 Å². The number of nitrogens with zero attached hydrogens (tertiary/aromatic N) is 3. The van der Waals surface area contributed by atoms with Crippen molar-refractivity contribution in [1.29, 1.82) is 0 Å². The Balaban J connectivity index is 1.78. The number of hydrogen-bond acceptors (Lipinski definition) is 5. The summed E-state index contributed by atoms with van der Waals surface area (Å²) >= 11 is 0. The summed E-state index contributed by atoms with van der Waals surface area (Å²) in [5.41, 5.74) is 0.417. The molecule has 0 aromatic heterocycles. The van der Waals surface area contributed by atoms with E-state index in [4.69, 9.17) is 5.11 Å². The summed E-state index contributed by atoms with van der Waals surface area (Å²) in [6.07, 6.45) is 6.04. The molecule has 0 spiro atoms. The largest absolute Gasteiger partial charge is 0.481 e. The third-order valence-corrected chi connectivity index (χ3v) is 5.28. The number of amidine groups is 1. The number of carbonyl (C=O) groups excluding carboxylic acids is 1. The lowest BCUT2D eigenvalue weighted by Gasteiger charge is -2.29. The van der Waals surface area contributed by atoms with Crippen molar-refractivity contribution in [2.24, 2.45) is 4.40 Å². The number of hydrogen-bond donors (Lipinski definition) is 1. The fourth-order valence-electron chi connectivity index (χ4n) is 3.01. The van der Waals surface area contributed by atoms with Gasteiger partial charge in [-0.2, -0.15) is 0 Å². The molecule has 8 nitrogen and oxygen atoms in total. The van der Waals surface area contributed by atoms with Crippen LogP contribution in [0.5, 0.6) is 0 Å². The number of carboxylic acid groups (broad SMARTS) is 1. The molecular weight excluding hydrogens is 322 g/mol. The van der Waals surface area contributed by atoms with Gasteiger partial charge in [0.25, 0.3) is 15.9 Å². The van der Waals surface area contributed by atoms with Gasteiger partial charge in [-0.1, -0.05) is 0 Å². The maximum Gasteiger partial charge on any atom is 0.305 e. The summed E-state index contributed by atoms with van der Waals surface area (Å²) in [4.78, 5) is 26.7. The number of aliphatic carboxylic acids is 1. The third kappa shape index (κ3) is 3.29. The molecule has 0 aromatic rings. The fraction of sp³-hybridized carbons (Fsp3) is 0.500. The monoisotopic (exact) mass is 339 g/mol. The predicted molar refractivity (Wildman–Crippen MR) is 82.1 cm³/mol. The van der Waals surface area contributed by atoms with E-state index < -0.39 is 16.0 Å². The maximum absolute atomic E-state index is 12.6. The quantitative estimate of drug-likeness (QED) is 0.772. The Kier molecular flexibility index (Phi) is 3.97. The van der Waals surface area contributed by atoms with Crippen LogP contribution < -0.4 is 0 Å². The molecule has 1 unspecified atom stereocenters. The van der Waals surface area contributed by atoms with Crippen molar-refractivity contribution in [1.82, 2.24) is 9.80 Å². The van der Waals surface area contributed by atoms with Crippen LogP contribution in [0, 0.1) is 0 Å². The van der Waals surface area contributed by atoms with Crippen LogP contribution in [-0.2, 0) is 19.6 Å². The number of rotatable bonds is 3. The van der Waals surface area contributed by atoms with E-state index in [1.165, 1.54) is 12.2 Å². The molecule has 0 aromatic carbocycles. The Labute approximate surface area is 133 Å². The van der Waals surface area contributed by atoms with Crippen molar-refractivity contribution >= 4 is 27.7 Å². The Morgan fingerprint density at radius 3 is 2.83 bits per heavy atom. The van der Waals surface area contributed by atoms with Gasteiger partial charge in [-0.3, -0.25) is 9.59 Å². The molecule has 3 rings (SSSR count). The van der Waals surface area contributed by atoms with Crippen molar-refractivity contribution in [3.63, 3.8) is 0 Å². The zero-order chi connectivity index (χ0) is 16.6. The lowest BCUT2D eigenvalue weighted by Crippen LogP contribution is -2.41. The van der Waals surface area contributed by atoms with E-state index in [-0.39, 0.29) is 30.7 Å². The first-order chi connectivity index (χ1) is 10.9. The molecule has 1 atom stereocenters. The van der Waals surface area contributed by atoms with Gasteiger partial charge in [-0.15, -0.1) is 4.40 Å². The van der Waals surface area contributed by atoms with Gasteiger partial charge in [0, 0.05) is 25.3 Å². The molecule has 23 heavy (non-hydrogen) atoms. The summed E-state index contributed by atoms with van der Waals surface area (Å²) in [6.45, 7) is 0.790. The van der Waals surface area contributed by atoms with Crippen LogP contribution in [0.1, 0.15) is 19.3 Å². The van der Waals surface area contributed by atoms with Crippen LogP contribution >= 0.6 is 0 Å². The molecule has 1 saturated heterocycles. The van der Waals surface area contributed by atoms with Crippen LogP contribution in [0.2, 0.25) is 0 Å². The Bertz CT molecular complexity index is 738. The molecular formula is C14H17N3O5S. The second kappa shape index (κ2) is 5.80. The van der Waals surface area contributed by atoms with Crippen molar-refractivity contribution in [3.05, 3.63) is 23.9 Å². The van der Waals surface area contributed by atoms with Gasteiger partial charge in [-0.25, -0.2) is 8.42 Å². The zero-order valence-corrected chi connectivity index (χ0v) is 13.2. The van der Waals surface area contributed by atoms with Gasteiger partial charge in [0.1, 0.15) is 5.84 Å². The minimum atomic E-state index is -3.42. The molecule has 9 heteroatoms. The first-order valence-electron chi connectivity index (χ1n) is 7.38. The highest BCUT2D eigenvalue weighted by Gasteiger charge is 2.33. The van der Waals surface area contributed by atoms with Gasteiger partial charge in [0.15, 0.2) is 0 Å². The van der Waals surface area contributed by atoms with E-state index >= 15 is 0 Å². The molecule has 3 heterocycles. The molecule has 1 amide bonds. The number of amides is 1.